The second kappa shape index (κ2) is 7.11. The molecule has 1 aliphatic carbocycles. The minimum absolute atomic E-state index is 0.462. The van der Waals surface area contributed by atoms with E-state index in [4.69, 9.17) is 5.73 Å². The summed E-state index contributed by atoms with van der Waals surface area (Å²) in [5.74, 6) is 1.39. The molecule has 0 spiro atoms. The van der Waals surface area contributed by atoms with Crippen molar-refractivity contribution < 1.29 is 0 Å². The van der Waals surface area contributed by atoms with Crippen molar-refractivity contribution in [3.63, 3.8) is 0 Å². The summed E-state index contributed by atoms with van der Waals surface area (Å²) in [5, 5.41) is 6.75. The van der Waals surface area contributed by atoms with Gasteiger partial charge in [-0.2, -0.15) is 0 Å². The quantitative estimate of drug-likeness (QED) is 0.745. The van der Waals surface area contributed by atoms with Crippen molar-refractivity contribution in [1.82, 2.24) is 9.97 Å². The Balaban J connectivity index is 1.73. The smallest absolute Gasteiger partial charge is 0.159 e. The number of nitrogen functional groups attached to an aromatic ring is 1. The highest BCUT2D eigenvalue weighted by atomic mass is 15.1. The molecule has 0 aliphatic heterocycles. The lowest BCUT2D eigenvalue weighted by Crippen LogP contribution is -2.20. The molecule has 5 heteroatoms. The van der Waals surface area contributed by atoms with E-state index < -0.39 is 0 Å². The fourth-order valence-corrected chi connectivity index (χ4v) is 2.89. The summed E-state index contributed by atoms with van der Waals surface area (Å²) in [6.45, 7) is 0. The first kappa shape index (κ1) is 14.6. The number of hydrogen-bond donors (Lipinski definition) is 3. The van der Waals surface area contributed by atoms with E-state index in [1.165, 1.54) is 38.5 Å². The van der Waals surface area contributed by atoms with Gasteiger partial charge in [-0.05, 0) is 25.0 Å². The molecule has 1 aliphatic rings. The highest BCUT2D eigenvalue weighted by Gasteiger charge is 2.15. The molecule has 0 atom stereocenters. The van der Waals surface area contributed by atoms with Gasteiger partial charge >= 0.3 is 0 Å². The number of nitrogens with one attached hydrogen (secondary N) is 2. The molecule has 3 rings (SSSR count). The third-order valence-electron chi connectivity index (χ3n) is 4.12. The zero-order valence-corrected chi connectivity index (χ0v) is 12.8. The molecule has 1 heterocycles. The Hall–Kier alpha value is -2.30. The highest BCUT2D eigenvalue weighted by molar-refractivity contribution is 5.77. The molecule has 1 aromatic carbocycles. The fourth-order valence-electron chi connectivity index (χ4n) is 2.89. The van der Waals surface area contributed by atoms with E-state index in [9.17, 15) is 0 Å². The van der Waals surface area contributed by atoms with Crippen LogP contribution in [-0.2, 0) is 0 Å². The van der Waals surface area contributed by atoms with Gasteiger partial charge in [-0.3, -0.25) is 0 Å². The molecule has 2 aromatic rings. The van der Waals surface area contributed by atoms with Gasteiger partial charge in [0.1, 0.15) is 12.0 Å². The molecular weight excluding hydrogens is 274 g/mol. The Morgan fingerprint density at radius 3 is 2.32 bits per heavy atom. The molecule has 116 valence electrons. The van der Waals surface area contributed by atoms with Crippen LogP contribution in [0.3, 0.4) is 0 Å². The molecule has 1 saturated carbocycles. The van der Waals surface area contributed by atoms with Gasteiger partial charge in [0.25, 0.3) is 0 Å². The molecular formula is C17H23N5. The van der Waals surface area contributed by atoms with Crippen molar-refractivity contribution in [2.45, 2.75) is 44.6 Å². The van der Waals surface area contributed by atoms with Gasteiger partial charge in [0.15, 0.2) is 11.6 Å². The van der Waals surface area contributed by atoms with Gasteiger partial charge in [-0.15, -0.1) is 0 Å². The van der Waals surface area contributed by atoms with E-state index in [2.05, 4.69) is 20.6 Å². The molecule has 0 radical (unpaired) electrons. The summed E-state index contributed by atoms with van der Waals surface area (Å²) in [7, 11) is 0. The van der Waals surface area contributed by atoms with Crippen LogP contribution in [0, 0.1) is 0 Å². The van der Waals surface area contributed by atoms with E-state index in [0.29, 0.717) is 17.5 Å². The first-order valence-corrected chi connectivity index (χ1v) is 8.02. The van der Waals surface area contributed by atoms with Crippen molar-refractivity contribution in [2.75, 3.05) is 16.4 Å². The van der Waals surface area contributed by atoms with Gasteiger partial charge in [-0.1, -0.05) is 43.9 Å². The standard InChI is InChI=1S/C17H23N5/c18-15-16(21-13-8-4-1-2-5-9-13)19-12-20-17(15)22-14-10-6-3-7-11-14/h3,6-7,10-13H,1-2,4-5,8-9,18H2,(H2,19,20,21,22). The average Bonchev–Trinajstić information content (AvgIpc) is 2.81. The normalized spacial score (nSPS) is 16.0. The lowest BCUT2D eigenvalue weighted by molar-refractivity contribution is 0.618. The van der Waals surface area contributed by atoms with Crippen LogP contribution in [0.5, 0.6) is 0 Å². The summed E-state index contributed by atoms with van der Waals surface area (Å²) in [4.78, 5) is 8.58. The van der Waals surface area contributed by atoms with Crippen LogP contribution in [0.2, 0.25) is 0 Å². The van der Waals surface area contributed by atoms with Crippen LogP contribution in [0.15, 0.2) is 36.7 Å². The van der Waals surface area contributed by atoms with Gasteiger partial charge < -0.3 is 16.4 Å². The molecule has 0 bridgehead atoms. The molecule has 0 saturated heterocycles. The van der Waals surface area contributed by atoms with E-state index in [0.717, 1.165) is 11.5 Å². The average molecular weight is 297 g/mol. The number of aromatic nitrogens is 2. The molecule has 1 fully saturated rings. The molecule has 0 unspecified atom stereocenters. The first-order valence-electron chi connectivity index (χ1n) is 8.02. The SMILES string of the molecule is Nc1c(Nc2ccccc2)ncnc1NC1CCCCCC1. The Morgan fingerprint density at radius 1 is 0.909 bits per heavy atom. The molecule has 22 heavy (non-hydrogen) atoms. The second-order valence-corrected chi connectivity index (χ2v) is 5.81. The number of nitrogens with two attached hydrogens (primary N) is 1. The first-order chi connectivity index (χ1) is 10.8. The van der Waals surface area contributed by atoms with Crippen molar-refractivity contribution in [2.24, 2.45) is 0 Å². The monoisotopic (exact) mass is 297 g/mol. The van der Waals surface area contributed by atoms with E-state index in [1.807, 2.05) is 30.3 Å². The van der Waals surface area contributed by atoms with Crippen LogP contribution >= 0.6 is 0 Å². The van der Waals surface area contributed by atoms with Gasteiger partial charge in [-0.25, -0.2) is 9.97 Å². The second-order valence-electron chi connectivity index (χ2n) is 5.81. The van der Waals surface area contributed by atoms with Crippen LogP contribution in [0.25, 0.3) is 0 Å². The van der Waals surface area contributed by atoms with Gasteiger partial charge in [0.2, 0.25) is 0 Å². The summed E-state index contributed by atoms with van der Waals surface area (Å²) < 4.78 is 0. The number of benzene rings is 1. The largest absolute Gasteiger partial charge is 0.393 e. The van der Waals surface area contributed by atoms with Crippen molar-refractivity contribution in [3.8, 4) is 0 Å². The van der Waals surface area contributed by atoms with Crippen LogP contribution in [-0.4, -0.2) is 16.0 Å². The topological polar surface area (TPSA) is 75.9 Å². The predicted molar refractivity (Wildman–Crippen MR) is 91.3 cm³/mol. The Morgan fingerprint density at radius 2 is 1.59 bits per heavy atom. The maximum Gasteiger partial charge on any atom is 0.159 e. The van der Waals surface area contributed by atoms with E-state index in [1.54, 1.807) is 6.33 Å². The van der Waals surface area contributed by atoms with E-state index in [-0.39, 0.29) is 0 Å². The van der Waals surface area contributed by atoms with Crippen molar-refractivity contribution >= 4 is 23.0 Å². The third kappa shape index (κ3) is 3.67. The van der Waals surface area contributed by atoms with Gasteiger partial charge in [0.05, 0.1) is 0 Å². The van der Waals surface area contributed by atoms with Crippen LogP contribution in [0.1, 0.15) is 38.5 Å². The lowest BCUT2D eigenvalue weighted by atomic mass is 10.1. The van der Waals surface area contributed by atoms with Crippen LogP contribution in [0.4, 0.5) is 23.0 Å². The molecule has 4 N–H and O–H groups in total. The minimum Gasteiger partial charge on any atom is -0.393 e. The summed E-state index contributed by atoms with van der Waals surface area (Å²) in [6.07, 6.45) is 9.14. The molecule has 1 aromatic heterocycles. The van der Waals surface area contributed by atoms with Crippen molar-refractivity contribution in [3.05, 3.63) is 36.7 Å². The Labute approximate surface area is 131 Å². The number of para-hydroxylation sites is 1. The Kier molecular flexibility index (Phi) is 4.73. The lowest BCUT2D eigenvalue weighted by Gasteiger charge is -2.19. The Bertz CT molecular complexity index is 591. The highest BCUT2D eigenvalue weighted by Crippen LogP contribution is 2.28. The summed E-state index contributed by atoms with van der Waals surface area (Å²) in [6, 6.07) is 10.4. The zero-order chi connectivity index (χ0) is 15.2. The summed E-state index contributed by atoms with van der Waals surface area (Å²) >= 11 is 0. The number of anilines is 4. The molecule has 0 amide bonds. The minimum atomic E-state index is 0.462. The fraction of sp³-hybridized carbons (Fsp3) is 0.412. The maximum atomic E-state index is 6.24. The molecule has 5 nitrogen and oxygen atoms in total. The maximum absolute atomic E-state index is 6.24. The number of rotatable bonds is 4. The number of hydrogen-bond acceptors (Lipinski definition) is 5. The third-order valence-corrected chi connectivity index (χ3v) is 4.12. The predicted octanol–water partition coefficient (Wildman–Crippen LogP) is 3.94. The number of nitrogens with zero attached hydrogens (tertiary/aromatic N) is 2. The van der Waals surface area contributed by atoms with Crippen molar-refractivity contribution in [1.29, 1.82) is 0 Å². The summed E-state index contributed by atoms with van der Waals surface area (Å²) in [5.41, 5.74) is 7.78. The van der Waals surface area contributed by atoms with Gasteiger partial charge in [0, 0.05) is 11.7 Å². The zero-order valence-electron chi connectivity index (χ0n) is 12.8. The van der Waals surface area contributed by atoms with Crippen LogP contribution < -0.4 is 16.4 Å². The van der Waals surface area contributed by atoms with E-state index >= 15 is 0 Å².